The molecule has 0 saturated heterocycles. The molecule has 112 valence electrons. The van der Waals surface area contributed by atoms with Crippen molar-refractivity contribution in [2.75, 3.05) is 19.7 Å². The quantitative estimate of drug-likeness (QED) is 0.713. The molecule has 1 aromatic rings. The van der Waals surface area contributed by atoms with Gasteiger partial charge in [-0.25, -0.2) is 0 Å². The molecular formula is C16H26N2O2. The summed E-state index contributed by atoms with van der Waals surface area (Å²) >= 11 is 0. The first-order valence-corrected chi connectivity index (χ1v) is 7.75. The fourth-order valence-electron chi connectivity index (χ4n) is 2.57. The topological polar surface area (TPSA) is 54.4 Å². The summed E-state index contributed by atoms with van der Waals surface area (Å²) in [7, 11) is 0. The Morgan fingerprint density at radius 2 is 2.15 bits per heavy atom. The molecule has 2 rings (SSSR count). The normalized spacial score (nSPS) is 18.1. The van der Waals surface area contributed by atoms with Gasteiger partial charge in [0.25, 0.3) is 0 Å². The van der Waals surface area contributed by atoms with Gasteiger partial charge < -0.3 is 15.2 Å². The van der Waals surface area contributed by atoms with Crippen LogP contribution in [0.15, 0.2) is 24.4 Å². The molecule has 1 unspecified atom stereocenters. The Labute approximate surface area is 121 Å². The summed E-state index contributed by atoms with van der Waals surface area (Å²) in [6, 6.07) is 5.93. The van der Waals surface area contributed by atoms with E-state index in [9.17, 15) is 5.11 Å². The van der Waals surface area contributed by atoms with Crippen LogP contribution in [0, 0.1) is 0 Å². The maximum atomic E-state index is 9.87. The lowest BCUT2D eigenvalue weighted by Crippen LogP contribution is -2.33. The zero-order valence-corrected chi connectivity index (χ0v) is 12.1. The maximum Gasteiger partial charge on any atom is 0.0897 e. The Morgan fingerprint density at radius 1 is 1.30 bits per heavy atom. The highest BCUT2D eigenvalue weighted by atomic mass is 16.5. The first-order valence-electron chi connectivity index (χ1n) is 7.75. The van der Waals surface area contributed by atoms with Crippen LogP contribution in [0.2, 0.25) is 0 Å². The van der Waals surface area contributed by atoms with Crippen molar-refractivity contribution < 1.29 is 9.84 Å². The zero-order valence-electron chi connectivity index (χ0n) is 12.1. The summed E-state index contributed by atoms with van der Waals surface area (Å²) in [5.74, 6) is 0. The SMILES string of the molecule is OC(CNCCc1ccccn1)COC1CCCCC1. The van der Waals surface area contributed by atoms with E-state index in [1.807, 2.05) is 24.4 Å². The largest absolute Gasteiger partial charge is 0.389 e. The van der Waals surface area contributed by atoms with Gasteiger partial charge in [-0.2, -0.15) is 0 Å². The zero-order chi connectivity index (χ0) is 14.0. The van der Waals surface area contributed by atoms with Crippen LogP contribution in [0.4, 0.5) is 0 Å². The molecule has 0 bridgehead atoms. The van der Waals surface area contributed by atoms with Crippen molar-refractivity contribution in [1.82, 2.24) is 10.3 Å². The highest BCUT2D eigenvalue weighted by molar-refractivity contribution is 5.03. The fraction of sp³-hybridized carbons (Fsp3) is 0.688. The fourth-order valence-corrected chi connectivity index (χ4v) is 2.57. The number of aliphatic hydroxyl groups excluding tert-OH is 1. The van der Waals surface area contributed by atoms with Crippen LogP contribution in [0.25, 0.3) is 0 Å². The number of rotatable bonds is 8. The molecule has 1 atom stereocenters. The van der Waals surface area contributed by atoms with E-state index in [1.165, 1.54) is 19.3 Å². The number of pyridine rings is 1. The van der Waals surface area contributed by atoms with Gasteiger partial charge in [-0.05, 0) is 25.0 Å². The third kappa shape index (κ3) is 5.99. The smallest absolute Gasteiger partial charge is 0.0897 e. The van der Waals surface area contributed by atoms with Crippen molar-refractivity contribution in [2.24, 2.45) is 0 Å². The van der Waals surface area contributed by atoms with Crippen LogP contribution in [-0.2, 0) is 11.2 Å². The molecule has 0 aromatic carbocycles. The second-order valence-electron chi connectivity index (χ2n) is 5.52. The van der Waals surface area contributed by atoms with E-state index in [0.717, 1.165) is 31.5 Å². The van der Waals surface area contributed by atoms with Gasteiger partial charge in [-0.3, -0.25) is 4.98 Å². The summed E-state index contributed by atoms with van der Waals surface area (Å²) < 4.78 is 5.76. The minimum absolute atomic E-state index is 0.368. The van der Waals surface area contributed by atoms with Gasteiger partial charge in [0.05, 0.1) is 18.8 Å². The Morgan fingerprint density at radius 3 is 2.90 bits per heavy atom. The molecule has 1 aromatic heterocycles. The van der Waals surface area contributed by atoms with Crippen LogP contribution in [-0.4, -0.2) is 42.0 Å². The highest BCUT2D eigenvalue weighted by Crippen LogP contribution is 2.20. The minimum atomic E-state index is -0.416. The van der Waals surface area contributed by atoms with E-state index in [0.29, 0.717) is 19.3 Å². The van der Waals surface area contributed by atoms with E-state index in [-0.39, 0.29) is 0 Å². The predicted octanol–water partition coefficient (Wildman–Crippen LogP) is 1.92. The summed E-state index contributed by atoms with van der Waals surface area (Å²) in [5, 5.41) is 13.1. The first-order chi connectivity index (χ1) is 9.84. The monoisotopic (exact) mass is 278 g/mol. The summed E-state index contributed by atoms with van der Waals surface area (Å²) in [5.41, 5.74) is 1.08. The van der Waals surface area contributed by atoms with E-state index < -0.39 is 6.10 Å². The van der Waals surface area contributed by atoms with Crippen molar-refractivity contribution in [1.29, 1.82) is 0 Å². The number of aliphatic hydroxyl groups is 1. The maximum absolute atomic E-state index is 9.87. The first kappa shape index (κ1) is 15.4. The average Bonchev–Trinajstić information content (AvgIpc) is 2.52. The Balaban J connectivity index is 1.50. The number of hydrogen-bond donors (Lipinski definition) is 2. The molecule has 20 heavy (non-hydrogen) atoms. The van der Waals surface area contributed by atoms with Crippen LogP contribution in [0.1, 0.15) is 37.8 Å². The van der Waals surface area contributed by atoms with E-state index in [4.69, 9.17) is 4.74 Å². The molecular weight excluding hydrogens is 252 g/mol. The van der Waals surface area contributed by atoms with Gasteiger partial charge >= 0.3 is 0 Å². The molecule has 4 nitrogen and oxygen atoms in total. The third-order valence-corrected chi connectivity index (χ3v) is 3.74. The van der Waals surface area contributed by atoms with Crippen LogP contribution in [0.3, 0.4) is 0 Å². The predicted molar refractivity (Wildman–Crippen MR) is 79.6 cm³/mol. The van der Waals surface area contributed by atoms with Gasteiger partial charge in [0.15, 0.2) is 0 Å². The van der Waals surface area contributed by atoms with Crippen molar-refractivity contribution in [3.05, 3.63) is 30.1 Å². The molecule has 1 heterocycles. The molecule has 0 aliphatic heterocycles. The Kier molecular flexibility index (Phi) is 6.98. The lowest BCUT2D eigenvalue weighted by Gasteiger charge is -2.23. The van der Waals surface area contributed by atoms with E-state index in [1.54, 1.807) is 0 Å². The lowest BCUT2D eigenvalue weighted by molar-refractivity contribution is -0.0228. The van der Waals surface area contributed by atoms with Crippen molar-refractivity contribution >= 4 is 0 Å². The summed E-state index contributed by atoms with van der Waals surface area (Å²) in [6.07, 6.45) is 8.82. The summed E-state index contributed by atoms with van der Waals surface area (Å²) in [6.45, 7) is 1.86. The molecule has 0 spiro atoms. The van der Waals surface area contributed by atoms with Crippen molar-refractivity contribution in [2.45, 2.75) is 50.7 Å². The minimum Gasteiger partial charge on any atom is -0.389 e. The third-order valence-electron chi connectivity index (χ3n) is 3.74. The van der Waals surface area contributed by atoms with Crippen molar-refractivity contribution in [3.63, 3.8) is 0 Å². The van der Waals surface area contributed by atoms with Crippen LogP contribution < -0.4 is 5.32 Å². The van der Waals surface area contributed by atoms with Gasteiger partial charge in [0, 0.05) is 31.4 Å². The van der Waals surface area contributed by atoms with Gasteiger partial charge in [-0.1, -0.05) is 25.3 Å². The molecule has 2 N–H and O–H groups in total. The van der Waals surface area contributed by atoms with E-state index in [2.05, 4.69) is 10.3 Å². The molecule has 1 fully saturated rings. The molecule has 1 aliphatic carbocycles. The Bertz CT molecular complexity index is 353. The number of nitrogens with one attached hydrogen (secondary N) is 1. The van der Waals surface area contributed by atoms with Crippen LogP contribution >= 0.6 is 0 Å². The summed E-state index contributed by atoms with van der Waals surface area (Å²) in [4.78, 5) is 4.27. The second-order valence-corrected chi connectivity index (χ2v) is 5.52. The van der Waals surface area contributed by atoms with Gasteiger partial charge in [-0.15, -0.1) is 0 Å². The van der Waals surface area contributed by atoms with Gasteiger partial charge in [0.2, 0.25) is 0 Å². The molecule has 0 amide bonds. The molecule has 1 saturated carbocycles. The number of aromatic nitrogens is 1. The lowest BCUT2D eigenvalue weighted by atomic mass is 9.98. The van der Waals surface area contributed by atoms with Crippen LogP contribution in [0.5, 0.6) is 0 Å². The standard InChI is InChI=1S/C16H26N2O2/c19-15(13-20-16-7-2-1-3-8-16)12-17-11-9-14-6-4-5-10-18-14/h4-6,10,15-17,19H,1-3,7-9,11-13H2. The molecule has 1 aliphatic rings. The van der Waals surface area contributed by atoms with Crippen molar-refractivity contribution in [3.8, 4) is 0 Å². The average molecular weight is 278 g/mol. The number of ether oxygens (including phenoxy) is 1. The second kappa shape index (κ2) is 9.06. The Hall–Kier alpha value is -0.970. The molecule has 0 radical (unpaired) electrons. The number of nitrogens with zero attached hydrogens (tertiary/aromatic N) is 1. The number of hydrogen-bond acceptors (Lipinski definition) is 4. The van der Waals surface area contributed by atoms with E-state index >= 15 is 0 Å². The van der Waals surface area contributed by atoms with Gasteiger partial charge in [0.1, 0.15) is 0 Å². The highest BCUT2D eigenvalue weighted by Gasteiger charge is 2.15. The molecule has 4 heteroatoms.